The first kappa shape index (κ1) is 9.50. The quantitative estimate of drug-likeness (QED) is 0.283. The Bertz CT molecular complexity index is 42.2. The molecule has 5 nitrogen and oxygen atoms in total. The maximum atomic E-state index is 8.78. The molecule has 1 amide bonds. The van der Waals surface area contributed by atoms with E-state index in [1.165, 1.54) is 0 Å². The summed E-state index contributed by atoms with van der Waals surface area (Å²) in [5, 5.41) is 14.5. The Hall–Kier alpha value is -0.810. The van der Waals surface area contributed by atoms with Gasteiger partial charge in [0.15, 0.2) is 0 Å². The number of aliphatic hydroxyl groups excluding tert-OH is 1. The molecular weight excluding hydrogens is 100 g/mol. The van der Waals surface area contributed by atoms with Crippen molar-refractivity contribution in [3.8, 4) is 0 Å². The number of rotatable bonds is 0. The van der Waals surface area contributed by atoms with Gasteiger partial charge < -0.3 is 21.7 Å². The third-order valence-electron chi connectivity index (χ3n) is 0. The predicted octanol–water partition coefficient (Wildman–Crippen LogP) is -1.48. The molecule has 44 valence electrons. The lowest BCUT2D eigenvalue weighted by Crippen LogP contribution is -2.03. The van der Waals surface area contributed by atoms with E-state index in [2.05, 4.69) is 11.5 Å². The Morgan fingerprint density at radius 1 is 1.71 bits per heavy atom. The van der Waals surface area contributed by atoms with Crippen LogP contribution in [0.4, 0.5) is 4.79 Å². The van der Waals surface area contributed by atoms with Crippen LogP contribution >= 0.6 is 0 Å². The van der Waals surface area contributed by atoms with Crippen molar-refractivity contribution < 1.29 is 15.0 Å². The molecule has 0 heterocycles. The summed E-state index contributed by atoms with van der Waals surface area (Å²) in [6, 6.07) is 0. The van der Waals surface area contributed by atoms with Crippen LogP contribution in [0.1, 0.15) is 0 Å². The first-order valence-electron chi connectivity index (χ1n) is 1.44. The van der Waals surface area contributed by atoms with Crippen molar-refractivity contribution in [3.05, 3.63) is 0 Å². The number of carboxylic acid groups (broad SMARTS) is 1. The van der Waals surface area contributed by atoms with Gasteiger partial charge in [-0.25, -0.2) is 4.79 Å². The van der Waals surface area contributed by atoms with Gasteiger partial charge in [-0.2, -0.15) is 0 Å². The normalized spacial score (nSPS) is 6.00. The minimum atomic E-state index is -1.33. The van der Waals surface area contributed by atoms with Crippen molar-refractivity contribution in [2.45, 2.75) is 0 Å². The van der Waals surface area contributed by atoms with Crippen molar-refractivity contribution in [1.29, 1.82) is 0 Å². The van der Waals surface area contributed by atoms with Gasteiger partial charge in [-0.15, -0.1) is 0 Å². The van der Waals surface area contributed by atoms with Crippen LogP contribution in [-0.2, 0) is 0 Å². The minimum absolute atomic E-state index is 0.250. The Kier molecular flexibility index (Phi) is 12.1. The Labute approximate surface area is 40.5 Å². The van der Waals surface area contributed by atoms with Crippen LogP contribution < -0.4 is 11.5 Å². The molecule has 0 saturated heterocycles. The van der Waals surface area contributed by atoms with Crippen molar-refractivity contribution in [3.63, 3.8) is 0 Å². The third-order valence-corrected chi connectivity index (χ3v) is 0. The highest BCUT2D eigenvalue weighted by atomic mass is 16.4. The summed E-state index contributed by atoms with van der Waals surface area (Å²) in [4.78, 5) is 8.78. The number of aliphatic hydroxyl groups is 1. The molecule has 0 aliphatic rings. The zero-order valence-corrected chi connectivity index (χ0v) is 3.66. The molecule has 0 aliphatic heterocycles. The standard InChI is InChI=1S/CH3NO2.CH5NO/c2-1(3)4;2-1-3/h2H2,(H,3,4);3H,1-2H2. The van der Waals surface area contributed by atoms with Gasteiger partial charge >= 0.3 is 6.09 Å². The van der Waals surface area contributed by atoms with Gasteiger partial charge in [-0.3, -0.25) is 0 Å². The van der Waals surface area contributed by atoms with E-state index in [1.54, 1.807) is 0 Å². The van der Waals surface area contributed by atoms with E-state index in [9.17, 15) is 0 Å². The molecule has 0 rings (SSSR count). The van der Waals surface area contributed by atoms with Crippen LogP contribution in [0.15, 0.2) is 0 Å². The molecule has 5 heteroatoms. The molecule has 0 unspecified atom stereocenters. The Morgan fingerprint density at radius 3 is 1.71 bits per heavy atom. The molecule has 0 aromatic rings. The van der Waals surface area contributed by atoms with Gasteiger partial charge in [0, 0.05) is 0 Å². The smallest absolute Gasteiger partial charge is 0.402 e. The molecule has 0 atom stereocenters. The van der Waals surface area contributed by atoms with Gasteiger partial charge in [-0.05, 0) is 0 Å². The average Bonchev–Trinajstić information content (AvgIpc) is 1.33. The van der Waals surface area contributed by atoms with Crippen LogP contribution in [0.25, 0.3) is 0 Å². The predicted molar refractivity (Wildman–Crippen MR) is 23.5 cm³/mol. The summed E-state index contributed by atoms with van der Waals surface area (Å²) < 4.78 is 0. The van der Waals surface area contributed by atoms with Crippen LogP contribution in [-0.4, -0.2) is 23.0 Å². The van der Waals surface area contributed by atoms with E-state index in [4.69, 9.17) is 15.0 Å². The highest BCUT2D eigenvalue weighted by Crippen LogP contribution is 1.34. The van der Waals surface area contributed by atoms with Crippen molar-refractivity contribution in [1.82, 2.24) is 0 Å². The molecule has 0 bridgehead atoms. The maximum absolute atomic E-state index is 8.78. The zero-order valence-electron chi connectivity index (χ0n) is 3.66. The molecule has 0 aromatic heterocycles. The van der Waals surface area contributed by atoms with Crippen molar-refractivity contribution >= 4 is 6.09 Å². The molecule has 6 N–H and O–H groups in total. The Morgan fingerprint density at radius 2 is 1.71 bits per heavy atom. The second kappa shape index (κ2) is 8.95. The van der Waals surface area contributed by atoms with Crippen LogP contribution in [0.5, 0.6) is 0 Å². The number of hydrogen-bond donors (Lipinski definition) is 4. The van der Waals surface area contributed by atoms with E-state index in [0.717, 1.165) is 0 Å². The zero-order chi connectivity index (χ0) is 6.28. The molecular formula is C2H8N2O3. The topological polar surface area (TPSA) is 110 Å². The summed E-state index contributed by atoms with van der Waals surface area (Å²) in [7, 11) is 0. The fourth-order valence-electron chi connectivity index (χ4n) is 0. The monoisotopic (exact) mass is 108 g/mol. The van der Waals surface area contributed by atoms with E-state index in [1.807, 2.05) is 0 Å². The number of amides is 1. The van der Waals surface area contributed by atoms with E-state index in [-0.39, 0.29) is 6.73 Å². The molecule has 0 fully saturated rings. The number of hydrogen-bond acceptors (Lipinski definition) is 3. The van der Waals surface area contributed by atoms with E-state index < -0.39 is 6.09 Å². The lowest BCUT2D eigenvalue weighted by Gasteiger charge is -1.61. The van der Waals surface area contributed by atoms with Gasteiger partial charge in [0.2, 0.25) is 0 Å². The molecule has 0 aliphatic carbocycles. The fraction of sp³-hybridized carbons (Fsp3) is 0.500. The summed E-state index contributed by atoms with van der Waals surface area (Å²) in [5.74, 6) is 0. The maximum Gasteiger partial charge on any atom is 0.402 e. The minimum Gasteiger partial charge on any atom is -0.465 e. The highest BCUT2D eigenvalue weighted by molar-refractivity contribution is 5.61. The summed E-state index contributed by atoms with van der Waals surface area (Å²) >= 11 is 0. The summed E-state index contributed by atoms with van der Waals surface area (Å²) in [6.45, 7) is -0.250. The largest absolute Gasteiger partial charge is 0.465 e. The second-order valence-corrected chi connectivity index (χ2v) is 0.521. The number of carbonyl (C=O) groups is 1. The number of nitrogens with two attached hydrogens (primary N) is 2. The number of primary amides is 1. The van der Waals surface area contributed by atoms with Crippen LogP contribution in [0.3, 0.4) is 0 Å². The SMILES string of the molecule is NC(=O)O.NCO. The van der Waals surface area contributed by atoms with Crippen LogP contribution in [0.2, 0.25) is 0 Å². The van der Waals surface area contributed by atoms with Gasteiger partial charge in [0.1, 0.15) is 0 Å². The van der Waals surface area contributed by atoms with Crippen molar-refractivity contribution in [2.75, 3.05) is 6.73 Å². The first-order chi connectivity index (χ1) is 3.15. The molecule has 0 aromatic carbocycles. The molecule has 0 spiro atoms. The lowest BCUT2D eigenvalue weighted by molar-refractivity contribution is 0.205. The average molecular weight is 108 g/mol. The second-order valence-electron chi connectivity index (χ2n) is 0.521. The molecule has 7 heavy (non-hydrogen) atoms. The highest BCUT2D eigenvalue weighted by Gasteiger charge is 1.65. The van der Waals surface area contributed by atoms with Crippen LogP contribution in [0, 0.1) is 0 Å². The van der Waals surface area contributed by atoms with Crippen molar-refractivity contribution in [2.24, 2.45) is 11.5 Å². The summed E-state index contributed by atoms with van der Waals surface area (Å²) in [5.41, 5.74) is 8.43. The lowest BCUT2D eigenvalue weighted by atomic mass is 11.3. The summed E-state index contributed by atoms with van der Waals surface area (Å²) in [6.07, 6.45) is -1.33. The van der Waals surface area contributed by atoms with Gasteiger partial charge in [-0.1, -0.05) is 0 Å². The third kappa shape index (κ3) is 80.5. The first-order valence-corrected chi connectivity index (χ1v) is 1.44. The van der Waals surface area contributed by atoms with Gasteiger partial charge in [0.05, 0.1) is 6.73 Å². The Balaban J connectivity index is 0. The molecule has 0 radical (unpaired) electrons. The van der Waals surface area contributed by atoms with Gasteiger partial charge in [0.25, 0.3) is 0 Å². The molecule has 0 saturated carbocycles. The fourth-order valence-corrected chi connectivity index (χ4v) is 0. The van der Waals surface area contributed by atoms with E-state index >= 15 is 0 Å². The van der Waals surface area contributed by atoms with E-state index in [0.29, 0.717) is 0 Å².